The maximum absolute atomic E-state index is 4.21. The van der Waals surface area contributed by atoms with Crippen LogP contribution in [0, 0.1) is 6.92 Å². The molecule has 0 aliphatic heterocycles. The van der Waals surface area contributed by atoms with Crippen LogP contribution in [0.1, 0.15) is 25.5 Å². The minimum Gasteiger partial charge on any atom is -0.360 e. The summed E-state index contributed by atoms with van der Waals surface area (Å²) < 4.78 is 0. The highest BCUT2D eigenvalue weighted by Gasteiger charge is 2.10. The van der Waals surface area contributed by atoms with Gasteiger partial charge in [0.25, 0.3) is 0 Å². The molecule has 2 aromatic heterocycles. The van der Waals surface area contributed by atoms with Crippen molar-refractivity contribution in [3.8, 4) is 9.88 Å². The SMILES string of the molecule is CCCCNc1nnc(-c2scnc2C)s1. The Morgan fingerprint density at radius 3 is 2.94 bits per heavy atom. The molecule has 0 fully saturated rings. The van der Waals surface area contributed by atoms with Crippen molar-refractivity contribution in [2.75, 3.05) is 11.9 Å². The van der Waals surface area contributed by atoms with E-state index in [1.54, 1.807) is 22.7 Å². The van der Waals surface area contributed by atoms with Crippen LogP contribution in [0.3, 0.4) is 0 Å². The molecule has 6 heteroatoms. The van der Waals surface area contributed by atoms with E-state index in [1.165, 1.54) is 6.42 Å². The standard InChI is InChI=1S/C10H14N4S2/c1-3-4-5-11-10-14-13-9(16-10)8-7(2)12-6-15-8/h6H,3-5H2,1-2H3,(H,11,14). The molecule has 0 saturated heterocycles. The number of anilines is 1. The highest BCUT2D eigenvalue weighted by molar-refractivity contribution is 7.22. The monoisotopic (exact) mass is 254 g/mol. The van der Waals surface area contributed by atoms with Crippen molar-refractivity contribution in [2.45, 2.75) is 26.7 Å². The Kier molecular flexibility index (Phi) is 3.84. The summed E-state index contributed by atoms with van der Waals surface area (Å²) in [4.78, 5) is 5.34. The third-order valence-corrected chi connectivity index (χ3v) is 4.13. The Bertz CT molecular complexity index is 449. The van der Waals surface area contributed by atoms with Crippen LogP contribution in [0.5, 0.6) is 0 Å². The van der Waals surface area contributed by atoms with E-state index in [0.29, 0.717) is 0 Å². The highest BCUT2D eigenvalue weighted by atomic mass is 32.1. The van der Waals surface area contributed by atoms with Crippen LogP contribution in [-0.4, -0.2) is 21.7 Å². The van der Waals surface area contributed by atoms with Gasteiger partial charge in [0, 0.05) is 6.54 Å². The zero-order valence-corrected chi connectivity index (χ0v) is 11.0. The molecule has 0 spiro atoms. The molecule has 0 radical (unpaired) electrons. The first-order chi connectivity index (χ1) is 7.81. The second-order valence-electron chi connectivity index (χ2n) is 3.46. The normalized spacial score (nSPS) is 10.6. The average molecular weight is 254 g/mol. The largest absolute Gasteiger partial charge is 0.360 e. The van der Waals surface area contributed by atoms with Crippen LogP contribution < -0.4 is 5.32 Å². The number of rotatable bonds is 5. The van der Waals surface area contributed by atoms with E-state index in [1.807, 2.05) is 12.4 Å². The number of hydrogen-bond acceptors (Lipinski definition) is 6. The number of thiazole rings is 1. The number of nitrogens with one attached hydrogen (secondary N) is 1. The molecular weight excluding hydrogens is 240 g/mol. The Balaban J connectivity index is 2.05. The van der Waals surface area contributed by atoms with Gasteiger partial charge in [0.2, 0.25) is 5.13 Å². The molecule has 86 valence electrons. The molecule has 0 saturated carbocycles. The molecule has 2 rings (SSSR count). The number of aryl methyl sites for hydroxylation is 1. The lowest BCUT2D eigenvalue weighted by molar-refractivity contribution is 0.831. The van der Waals surface area contributed by atoms with E-state index in [-0.39, 0.29) is 0 Å². The summed E-state index contributed by atoms with van der Waals surface area (Å²) in [5.41, 5.74) is 2.87. The first-order valence-electron chi connectivity index (χ1n) is 5.29. The fourth-order valence-electron chi connectivity index (χ4n) is 1.27. The maximum atomic E-state index is 4.21. The first-order valence-corrected chi connectivity index (χ1v) is 6.98. The summed E-state index contributed by atoms with van der Waals surface area (Å²) in [7, 11) is 0. The topological polar surface area (TPSA) is 50.7 Å². The van der Waals surface area contributed by atoms with Crippen LogP contribution in [0.25, 0.3) is 9.88 Å². The van der Waals surface area contributed by atoms with Gasteiger partial charge in [-0.15, -0.1) is 21.5 Å². The van der Waals surface area contributed by atoms with Crippen molar-refractivity contribution in [1.29, 1.82) is 0 Å². The molecule has 1 N–H and O–H groups in total. The predicted molar refractivity (Wildman–Crippen MR) is 69.2 cm³/mol. The summed E-state index contributed by atoms with van der Waals surface area (Å²) in [5.74, 6) is 0. The van der Waals surface area contributed by atoms with Crippen molar-refractivity contribution in [3.05, 3.63) is 11.2 Å². The average Bonchev–Trinajstić information content (AvgIpc) is 2.87. The van der Waals surface area contributed by atoms with E-state index in [0.717, 1.165) is 33.7 Å². The van der Waals surface area contributed by atoms with Crippen LogP contribution >= 0.6 is 22.7 Å². The molecular formula is C10H14N4S2. The summed E-state index contributed by atoms with van der Waals surface area (Å²) in [5, 5.41) is 13.4. The number of aromatic nitrogens is 3. The summed E-state index contributed by atoms with van der Waals surface area (Å²) in [6.45, 7) is 5.14. The molecule has 4 nitrogen and oxygen atoms in total. The van der Waals surface area contributed by atoms with Gasteiger partial charge in [0.1, 0.15) is 0 Å². The number of hydrogen-bond donors (Lipinski definition) is 1. The van der Waals surface area contributed by atoms with E-state index >= 15 is 0 Å². The Hall–Kier alpha value is -1.01. The lowest BCUT2D eigenvalue weighted by Gasteiger charge is -1.97. The lowest BCUT2D eigenvalue weighted by atomic mass is 10.3. The fourth-order valence-corrected chi connectivity index (χ4v) is 2.98. The Morgan fingerprint density at radius 1 is 1.38 bits per heavy atom. The van der Waals surface area contributed by atoms with Gasteiger partial charge in [-0.2, -0.15) is 0 Å². The quantitative estimate of drug-likeness (QED) is 0.833. The fraction of sp³-hybridized carbons (Fsp3) is 0.500. The van der Waals surface area contributed by atoms with Crippen LogP contribution in [0.15, 0.2) is 5.51 Å². The van der Waals surface area contributed by atoms with Gasteiger partial charge in [-0.1, -0.05) is 24.7 Å². The summed E-state index contributed by atoms with van der Waals surface area (Å²) >= 11 is 3.21. The van der Waals surface area contributed by atoms with Gasteiger partial charge < -0.3 is 5.32 Å². The highest BCUT2D eigenvalue weighted by Crippen LogP contribution is 2.31. The van der Waals surface area contributed by atoms with Crippen molar-refractivity contribution in [2.24, 2.45) is 0 Å². The number of unbranched alkanes of at least 4 members (excludes halogenated alkanes) is 1. The van der Waals surface area contributed by atoms with E-state index in [4.69, 9.17) is 0 Å². The molecule has 0 aliphatic carbocycles. The smallest absolute Gasteiger partial charge is 0.206 e. The second kappa shape index (κ2) is 5.36. The van der Waals surface area contributed by atoms with Crippen LogP contribution in [0.4, 0.5) is 5.13 Å². The molecule has 0 bridgehead atoms. The summed E-state index contributed by atoms with van der Waals surface area (Å²) in [6.07, 6.45) is 2.35. The van der Waals surface area contributed by atoms with E-state index in [9.17, 15) is 0 Å². The second-order valence-corrected chi connectivity index (χ2v) is 5.29. The zero-order valence-electron chi connectivity index (χ0n) is 9.36. The number of nitrogens with zero attached hydrogens (tertiary/aromatic N) is 3. The van der Waals surface area contributed by atoms with Crippen LogP contribution in [0.2, 0.25) is 0 Å². The van der Waals surface area contributed by atoms with E-state index in [2.05, 4.69) is 27.4 Å². The van der Waals surface area contributed by atoms with Crippen molar-refractivity contribution in [3.63, 3.8) is 0 Å². The molecule has 0 unspecified atom stereocenters. The molecule has 16 heavy (non-hydrogen) atoms. The van der Waals surface area contributed by atoms with E-state index < -0.39 is 0 Å². The molecule has 2 aromatic rings. The van der Waals surface area contributed by atoms with Gasteiger partial charge in [0.05, 0.1) is 16.1 Å². The third-order valence-electron chi connectivity index (χ3n) is 2.17. The maximum Gasteiger partial charge on any atom is 0.206 e. The molecule has 0 amide bonds. The van der Waals surface area contributed by atoms with Gasteiger partial charge in [-0.05, 0) is 13.3 Å². The van der Waals surface area contributed by atoms with Crippen molar-refractivity contribution in [1.82, 2.24) is 15.2 Å². The van der Waals surface area contributed by atoms with Crippen molar-refractivity contribution >= 4 is 27.8 Å². The van der Waals surface area contributed by atoms with Crippen molar-refractivity contribution < 1.29 is 0 Å². The van der Waals surface area contributed by atoms with Crippen LogP contribution in [-0.2, 0) is 0 Å². The molecule has 2 heterocycles. The minimum absolute atomic E-state index is 0.899. The zero-order chi connectivity index (χ0) is 11.4. The van der Waals surface area contributed by atoms with Gasteiger partial charge >= 0.3 is 0 Å². The molecule has 0 aliphatic rings. The predicted octanol–water partition coefficient (Wildman–Crippen LogP) is 3.18. The lowest BCUT2D eigenvalue weighted by Crippen LogP contribution is -1.99. The van der Waals surface area contributed by atoms with Gasteiger partial charge in [-0.25, -0.2) is 4.98 Å². The third kappa shape index (κ3) is 2.56. The molecule has 0 aromatic carbocycles. The Labute approximate surface area is 103 Å². The minimum atomic E-state index is 0.899. The summed E-state index contributed by atoms with van der Waals surface area (Å²) in [6, 6.07) is 0. The first kappa shape index (κ1) is 11.5. The van der Waals surface area contributed by atoms with Gasteiger partial charge in [0.15, 0.2) is 5.01 Å². The Morgan fingerprint density at radius 2 is 2.25 bits per heavy atom. The van der Waals surface area contributed by atoms with Gasteiger partial charge in [-0.3, -0.25) is 0 Å². The molecule has 0 atom stereocenters.